The van der Waals surface area contributed by atoms with Crippen molar-refractivity contribution >= 4 is 0 Å². The van der Waals surface area contributed by atoms with E-state index in [4.69, 9.17) is 5.73 Å². The molecule has 1 aromatic carbocycles. The summed E-state index contributed by atoms with van der Waals surface area (Å²) in [5, 5.41) is 0. The average molecular weight is 271 g/mol. The number of halogens is 1. The molecule has 0 saturated carbocycles. The lowest BCUT2D eigenvalue weighted by Crippen LogP contribution is -2.21. The van der Waals surface area contributed by atoms with Crippen molar-refractivity contribution in [1.29, 1.82) is 0 Å². The Morgan fingerprint density at radius 3 is 2.90 bits per heavy atom. The lowest BCUT2D eigenvalue weighted by atomic mass is 10.1. The van der Waals surface area contributed by atoms with Gasteiger partial charge in [-0.2, -0.15) is 0 Å². The number of nitrogens with zero attached hydrogens (tertiary/aromatic N) is 2. The molecule has 1 heterocycles. The van der Waals surface area contributed by atoms with Gasteiger partial charge in [0.1, 0.15) is 5.82 Å². The summed E-state index contributed by atoms with van der Waals surface area (Å²) in [7, 11) is 0. The summed E-state index contributed by atoms with van der Waals surface area (Å²) in [6.07, 6.45) is 1.47. The molecule has 0 aliphatic rings. The molecule has 0 aliphatic carbocycles. The van der Waals surface area contributed by atoms with Gasteiger partial charge in [-0.25, -0.2) is 9.37 Å². The van der Waals surface area contributed by atoms with Crippen LogP contribution in [0.5, 0.6) is 0 Å². The Kier molecular flexibility index (Phi) is 4.28. The first-order chi connectivity index (χ1) is 9.60. The van der Waals surface area contributed by atoms with Crippen LogP contribution in [0, 0.1) is 24.6 Å². The fraction of sp³-hybridized carbons (Fsp3) is 0.200. The molecule has 0 radical (unpaired) electrons. The van der Waals surface area contributed by atoms with E-state index in [1.807, 2.05) is 0 Å². The quantitative estimate of drug-likeness (QED) is 0.830. The van der Waals surface area contributed by atoms with Crippen molar-refractivity contribution in [2.45, 2.75) is 13.5 Å². The van der Waals surface area contributed by atoms with Gasteiger partial charge in [-0.05, 0) is 24.6 Å². The van der Waals surface area contributed by atoms with Crippen molar-refractivity contribution in [3.8, 4) is 11.8 Å². The third-order valence-corrected chi connectivity index (χ3v) is 2.75. The first-order valence-electron chi connectivity index (χ1n) is 6.10. The molecule has 0 fully saturated rings. The fourth-order valence-electron chi connectivity index (χ4n) is 1.77. The molecule has 102 valence electrons. The molecule has 2 N–H and O–H groups in total. The predicted molar refractivity (Wildman–Crippen MR) is 74.7 cm³/mol. The maximum Gasteiger partial charge on any atom is 0.253 e. The van der Waals surface area contributed by atoms with Gasteiger partial charge in [-0.1, -0.05) is 17.9 Å². The molecule has 2 aromatic rings. The number of hydrogen-bond acceptors (Lipinski definition) is 3. The molecular weight excluding hydrogens is 257 g/mol. The number of aromatic nitrogens is 2. The van der Waals surface area contributed by atoms with Gasteiger partial charge in [-0.3, -0.25) is 9.36 Å². The molecule has 0 atom stereocenters. The van der Waals surface area contributed by atoms with Crippen LogP contribution < -0.4 is 11.3 Å². The van der Waals surface area contributed by atoms with Crippen molar-refractivity contribution in [1.82, 2.24) is 9.55 Å². The summed E-state index contributed by atoms with van der Waals surface area (Å²) in [6.45, 7) is 2.24. The van der Waals surface area contributed by atoms with Gasteiger partial charge in [-0.15, -0.1) is 0 Å². The largest absolute Gasteiger partial charge is 0.320 e. The summed E-state index contributed by atoms with van der Waals surface area (Å²) in [5.41, 5.74) is 7.11. The van der Waals surface area contributed by atoms with Crippen molar-refractivity contribution in [3.63, 3.8) is 0 Å². The van der Waals surface area contributed by atoms with Gasteiger partial charge in [0, 0.05) is 17.3 Å². The first-order valence-corrected chi connectivity index (χ1v) is 6.10. The molecule has 0 amide bonds. The number of aryl methyl sites for hydroxylation is 1. The zero-order valence-electron chi connectivity index (χ0n) is 11.1. The lowest BCUT2D eigenvalue weighted by Gasteiger charge is -2.08. The fourth-order valence-corrected chi connectivity index (χ4v) is 1.77. The SMILES string of the molecule is Cc1cc(=O)n(Cc2ccc(F)cc2C#CCN)cn1. The van der Waals surface area contributed by atoms with Gasteiger partial charge in [0.05, 0.1) is 19.4 Å². The van der Waals surface area contributed by atoms with Crippen molar-refractivity contribution < 1.29 is 4.39 Å². The maximum absolute atomic E-state index is 13.3. The van der Waals surface area contributed by atoms with E-state index in [9.17, 15) is 9.18 Å². The monoisotopic (exact) mass is 271 g/mol. The lowest BCUT2D eigenvalue weighted by molar-refractivity contribution is 0.625. The number of rotatable bonds is 2. The van der Waals surface area contributed by atoms with Gasteiger partial charge >= 0.3 is 0 Å². The minimum atomic E-state index is -0.371. The van der Waals surface area contributed by atoms with Crippen molar-refractivity contribution in [3.05, 3.63) is 63.6 Å². The Hall–Kier alpha value is -2.45. The van der Waals surface area contributed by atoms with Gasteiger partial charge in [0.15, 0.2) is 0 Å². The van der Waals surface area contributed by atoms with Crippen LogP contribution >= 0.6 is 0 Å². The normalized spacial score (nSPS) is 9.95. The highest BCUT2D eigenvalue weighted by atomic mass is 19.1. The van der Waals surface area contributed by atoms with Crippen LogP contribution in [0.25, 0.3) is 0 Å². The van der Waals surface area contributed by atoms with E-state index in [0.29, 0.717) is 17.8 Å². The van der Waals surface area contributed by atoms with Gasteiger partial charge in [0.2, 0.25) is 0 Å². The van der Waals surface area contributed by atoms with E-state index in [2.05, 4.69) is 16.8 Å². The first kappa shape index (κ1) is 14.0. The van der Waals surface area contributed by atoms with Gasteiger partial charge < -0.3 is 5.73 Å². The molecule has 4 nitrogen and oxygen atoms in total. The number of benzene rings is 1. The summed E-state index contributed by atoms with van der Waals surface area (Å²) in [5.74, 6) is 5.13. The van der Waals surface area contributed by atoms with Crippen LogP contribution in [0.2, 0.25) is 0 Å². The third kappa shape index (κ3) is 3.31. The molecule has 0 spiro atoms. The topological polar surface area (TPSA) is 60.9 Å². The smallest absolute Gasteiger partial charge is 0.253 e. The molecule has 0 bridgehead atoms. The summed E-state index contributed by atoms with van der Waals surface area (Å²) >= 11 is 0. The second kappa shape index (κ2) is 6.13. The van der Waals surface area contributed by atoms with Crippen LogP contribution in [-0.4, -0.2) is 16.1 Å². The summed E-state index contributed by atoms with van der Waals surface area (Å²) in [6, 6.07) is 5.75. The maximum atomic E-state index is 13.3. The Morgan fingerprint density at radius 2 is 2.20 bits per heavy atom. The van der Waals surface area contributed by atoms with E-state index in [-0.39, 0.29) is 17.9 Å². The Labute approximate surface area is 116 Å². The number of hydrogen-bond donors (Lipinski definition) is 1. The highest BCUT2D eigenvalue weighted by Crippen LogP contribution is 2.11. The third-order valence-electron chi connectivity index (χ3n) is 2.75. The minimum Gasteiger partial charge on any atom is -0.320 e. The van der Waals surface area contributed by atoms with E-state index >= 15 is 0 Å². The van der Waals surface area contributed by atoms with Crippen LogP contribution in [0.4, 0.5) is 4.39 Å². The van der Waals surface area contributed by atoms with E-state index in [0.717, 1.165) is 5.56 Å². The standard InChI is InChI=1S/C15H14FN3O/c1-11-7-15(20)19(10-18-11)9-13-4-5-14(16)8-12(13)3-2-6-17/h4-5,7-8,10H,6,9,17H2,1H3. The molecule has 0 saturated heterocycles. The van der Waals surface area contributed by atoms with Crippen molar-refractivity contribution in [2.24, 2.45) is 5.73 Å². The zero-order chi connectivity index (χ0) is 14.5. The van der Waals surface area contributed by atoms with Gasteiger partial charge in [0.25, 0.3) is 5.56 Å². The number of nitrogens with two attached hydrogens (primary N) is 1. The highest BCUT2D eigenvalue weighted by Gasteiger charge is 2.05. The molecular formula is C15H14FN3O. The van der Waals surface area contributed by atoms with Crippen LogP contribution in [0.1, 0.15) is 16.8 Å². The molecule has 2 rings (SSSR count). The predicted octanol–water partition coefficient (Wildman–Crippen LogP) is 1.05. The van der Waals surface area contributed by atoms with E-state index in [1.165, 1.54) is 29.1 Å². The van der Waals surface area contributed by atoms with Crippen LogP contribution in [0.3, 0.4) is 0 Å². The Balaban J connectivity index is 2.40. The van der Waals surface area contributed by atoms with Crippen LogP contribution in [-0.2, 0) is 6.54 Å². The second-order valence-corrected chi connectivity index (χ2v) is 4.30. The molecule has 0 aliphatic heterocycles. The van der Waals surface area contributed by atoms with E-state index in [1.54, 1.807) is 13.0 Å². The zero-order valence-corrected chi connectivity index (χ0v) is 11.1. The Morgan fingerprint density at radius 1 is 1.40 bits per heavy atom. The molecule has 1 aromatic heterocycles. The van der Waals surface area contributed by atoms with Crippen LogP contribution in [0.15, 0.2) is 35.4 Å². The Bertz CT molecular complexity index is 741. The summed E-state index contributed by atoms with van der Waals surface area (Å²) in [4.78, 5) is 15.9. The van der Waals surface area contributed by atoms with Crippen molar-refractivity contribution in [2.75, 3.05) is 6.54 Å². The summed E-state index contributed by atoms with van der Waals surface area (Å²) < 4.78 is 14.7. The highest BCUT2D eigenvalue weighted by molar-refractivity contribution is 5.42. The minimum absolute atomic E-state index is 0.153. The molecule has 5 heteroatoms. The molecule has 20 heavy (non-hydrogen) atoms. The van der Waals surface area contributed by atoms with E-state index < -0.39 is 0 Å². The average Bonchev–Trinajstić information content (AvgIpc) is 2.41. The molecule has 0 unspecified atom stereocenters. The second-order valence-electron chi connectivity index (χ2n) is 4.30.